The predicted molar refractivity (Wildman–Crippen MR) is 185 cm³/mol. The average Bonchev–Trinajstić information content (AvgIpc) is 3.03. The van der Waals surface area contributed by atoms with Crippen LogP contribution in [0.1, 0.15) is 65.4 Å². The number of aromatic nitrogens is 1. The lowest BCUT2D eigenvalue weighted by Crippen LogP contribution is -2.47. The molecule has 2 aromatic carbocycles. The lowest BCUT2D eigenvalue weighted by Gasteiger charge is -2.28. The van der Waals surface area contributed by atoms with Gasteiger partial charge >= 0.3 is 24.2 Å². The molecule has 50 heavy (non-hydrogen) atoms. The zero-order valence-corrected chi connectivity index (χ0v) is 29.5. The minimum absolute atomic E-state index is 0.0397. The van der Waals surface area contributed by atoms with Crippen molar-refractivity contribution in [1.29, 1.82) is 0 Å². The minimum atomic E-state index is -1.17. The summed E-state index contributed by atoms with van der Waals surface area (Å²) >= 11 is 6.03. The molecule has 1 aromatic heterocycles. The molecule has 15 heteroatoms. The van der Waals surface area contributed by atoms with E-state index in [4.69, 9.17) is 21.1 Å². The third-order valence-electron chi connectivity index (χ3n) is 7.85. The molecule has 0 aliphatic carbocycles. The summed E-state index contributed by atoms with van der Waals surface area (Å²) in [4.78, 5) is 55.4. The lowest BCUT2D eigenvalue weighted by molar-refractivity contribution is -0.140. The zero-order valence-electron chi connectivity index (χ0n) is 28.7. The van der Waals surface area contributed by atoms with Crippen LogP contribution in [0.2, 0.25) is 5.02 Å². The third kappa shape index (κ3) is 12.6. The van der Waals surface area contributed by atoms with Gasteiger partial charge in [-0.15, -0.1) is 0 Å². The number of carbonyl (C=O) groups is 4. The SMILES string of the molecule is CC(CCCCC[C@@H](COC(=O)Nc1cc2cc(F)ccc2cn1)N(C)C(=O)NCc1cccc(F)c1Cl)[C@H](NC(=O)OC(C)(C)C)C(=O)O. The number of pyridine rings is 1. The Morgan fingerprint density at radius 3 is 2.42 bits per heavy atom. The molecule has 3 aromatic rings. The van der Waals surface area contributed by atoms with Crippen LogP contribution in [0.5, 0.6) is 0 Å². The maximum atomic E-state index is 13.9. The van der Waals surface area contributed by atoms with E-state index >= 15 is 0 Å². The van der Waals surface area contributed by atoms with Gasteiger partial charge in [0, 0.05) is 25.2 Å². The Balaban J connectivity index is 1.59. The number of fused-ring (bicyclic) bond motifs is 1. The van der Waals surface area contributed by atoms with Gasteiger partial charge in [-0.2, -0.15) is 0 Å². The number of hydrogen-bond donors (Lipinski definition) is 4. The van der Waals surface area contributed by atoms with Gasteiger partial charge < -0.3 is 30.1 Å². The second-order valence-electron chi connectivity index (χ2n) is 13.0. The number of carboxylic acid groups (broad SMARTS) is 1. The zero-order chi connectivity index (χ0) is 37.0. The van der Waals surface area contributed by atoms with E-state index in [2.05, 4.69) is 20.9 Å². The maximum Gasteiger partial charge on any atom is 0.412 e. The number of nitrogens with one attached hydrogen (secondary N) is 3. The molecule has 1 unspecified atom stereocenters. The van der Waals surface area contributed by atoms with Crippen molar-refractivity contribution in [2.75, 3.05) is 19.0 Å². The number of carbonyl (C=O) groups excluding carboxylic acids is 3. The number of likely N-dealkylation sites (N-methyl/N-ethyl adjacent to an activating group) is 1. The first-order valence-corrected chi connectivity index (χ1v) is 16.6. The van der Waals surface area contributed by atoms with Crippen molar-refractivity contribution < 1.29 is 42.5 Å². The fourth-order valence-electron chi connectivity index (χ4n) is 5.10. The molecule has 0 radical (unpaired) electrons. The number of benzene rings is 2. The Bertz CT molecular complexity index is 1660. The topological polar surface area (TPSA) is 159 Å². The quantitative estimate of drug-likeness (QED) is 0.118. The van der Waals surface area contributed by atoms with Gasteiger partial charge in [0.25, 0.3) is 0 Å². The summed E-state index contributed by atoms with van der Waals surface area (Å²) in [6, 6.07) is 7.75. The van der Waals surface area contributed by atoms with Gasteiger partial charge in [0.2, 0.25) is 0 Å². The first kappa shape index (κ1) is 39.7. The van der Waals surface area contributed by atoms with Gasteiger partial charge in [-0.05, 0) is 80.8 Å². The summed E-state index contributed by atoms with van der Waals surface area (Å²) in [7, 11) is 1.54. The maximum absolute atomic E-state index is 13.9. The number of amides is 4. The van der Waals surface area contributed by atoms with E-state index in [9.17, 15) is 33.1 Å². The van der Waals surface area contributed by atoms with Crippen LogP contribution in [0.15, 0.2) is 48.7 Å². The average molecular weight is 720 g/mol. The standard InChI is InChI=1S/C35H44ClF2N5O7/c1-21(30(31(44)45)42-34(48)50-35(2,3)4)10-7-6-8-12-26(43(5)32(46)40-19-23-11-9-13-27(38)29(23)36)20-49-33(47)41-28-17-24-16-25(37)15-14-22(24)18-39-28/h9,11,13-18,21,26,30H,6-8,10,12,19-20H2,1-5H3,(H,40,46)(H,42,48)(H,44,45)(H,39,41,47)/t21?,26-,30-/m0/s1. The molecule has 0 saturated carbocycles. The number of rotatable bonds is 15. The van der Waals surface area contributed by atoms with Crippen LogP contribution in [0, 0.1) is 17.6 Å². The summed E-state index contributed by atoms with van der Waals surface area (Å²) in [5, 5.41) is 18.4. The highest BCUT2D eigenvalue weighted by Crippen LogP contribution is 2.21. The lowest BCUT2D eigenvalue weighted by atomic mass is 9.94. The monoisotopic (exact) mass is 719 g/mol. The van der Waals surface area contributed by atoms with Crippen molar-refractivity contribution in [1.82, 2.24) is 20.5 Å². The number of aliphatic carboxylic acids is 1. The third-order valence-corrected chi connectivity index (χ3v) is 8.28. The highest BCUT2D eigenvalue weighted by molar-refractivity contribution is 6.31. The molecule has 12 nitrogen and oxygen atoms in total. The van der Waals surface area contributed by atoms with Gasteiger partial charge in [-0.1, -0.05) is 49.9 Å². The van der Waals surface area contributed by atoms with Gasteiger partial charge in [-0.25, -0.2) is 32.9 Å². The summed E-state index contributed by atoms with van der Waals surface area (Å²) in [6.45, 7) is 6.56. The fourth-order valence-corrected chi connectivity index (χ4v) is 5.29. The first-order valence-electron chi connectivity index (χ1n) is 16.2. The Morgan fingerprint density at radius 2 is 1.72 bits per heavy atom. The van der Waals surface area contributed by atoms with E-state index in [1.165, 1.54) is 48.5 Å². The summed E-state index contributed by atoms with van der Waals surface area (Å²) < 4.78 is 38.2. The predicted octanol–water partition coefficient (Wildman–Crippen LogP) is 7.49. The number of urea groups is 1. The second-order valence-corrected chi connectivity index (χ2v) is 13.4. The number of carboxylic acids is 1. The Morgan fingerprint density at radius 1 is 1.00 bits per heavy atom. The number of halogens is 3. The molecule has 4 amide bonds. The molecule has 1 heterocycles. The van der Waals surface area contributed by atoms with Crippen LogP contribution < -0.4 is 16.0 Å². The number of unbranched alkanes of at least 4 members (excludes halogenated alkanes) is 2. The molecular weight excluding hydrogens is 676 g/mol. The van der Waals surface area contributed by atoms with Crippen molar-refractivity contribution in [3.05, 3.63) is 70.9 Å². The Hall–Kier alpha value is -4.72. The molecule has 272 valence electrons. The van der Waals surface area contributed by atoms with Crippen LogP contribution in [0.4, 0.5) is 29.0 Å². The number of anilines is 1. The smallest absolute Gasteiger partial charge is 0.412 e. The number of hydrogen-bond acceptors (Lipinski definition) is 7. The highest BCUT2D eigenvalue weighted by atomic mass is 35.5. The number of nitrogens with zero attached hydrogens (tertiary/aromatic N) is 2. The van der Waals surface area contributed by atoms with Crippen LogP contribution in [-0.2, 0) is 20.8 Å². The highest BCUT2D eigenvalue weighted by Gasteiger charge is 2.29. The van der Waals surface area contributed by atoms with Crippen LogP contribution in [0.3, 0.4) is 0 Å². The molecule has 0 fully saturated rings. The second kappa shape index (κ2) is 18.3. The van der Waals surface area contributed by atoms with Gasteiger partial charge in [-0.3, -0.25) is 5.32 Å². The first-order chi connectivity index (χ1) is 23.5. The van der Waals surface area contributed by atoms with Crippen molar-refractivity contribution in [3.63, 3.8) is 0 Å². The molecular formula is C35H44ClF2N5O7. The number of ether oxygens (including phenoxy) is 2. The normalized spacial score (nSPS) is 13.1. The van der Waals surface area contributed by atoms with Crippen molar-refractivity contribution >= 4 is 52.4 Å². The van der Waals surface area contributed by atoms with E-state index in [1.54, 1.807) is 39.8 Å². The molecule has 0 aliphatic heterocycles. The molecule has 3 atom stereocenters. The van der Waals surface area contributed by atoms with Crippen molar-refractivity contribution in [3.8, 4) is 0 Å². The Kier molecular flexibility index (Phi) is 14.6. The molecule has 4 N–H and O–H groups in total. The fraction of sp³-hybridized carbons (Fsp3) is 0.457. The molecule has 0 aliphatic rings. The van der Waals surface area contributed by atoms with Crippen LogP contribution in [-0.4, -0.2) is 70.5 Å². The largest absolute Gasteiger partial charge is 0.480 e. The Labute approximate surface area is 294 Å². The van der Waals surface area contributed by atoms with Crippen LogP contribution in [0.25, 0.3) is 10.8 Å². The van der Waals surface area contributed by atoms with Crippen LogP contribution >= 0.6 is 11.6 Å². The molecule has 0 bridgehead atoms. The van der Waals surface area contributed by atoms with E-state index in [1.807, 2.05) is 0 Å². The number of alkyl carbamates (subject to hydrolysis) is 1. The minimum Gasteiger partial charge on any atom is -0.480 e. The van der Waals surface area contributed by atoms with Gasteiger partial charge in [0.15, 0.2) is 0 Å². The van der Waals surface area contributed by atoms with E-state index in [0.717, 1.165) is 0 Å². The van der Waals surface area contributed by atoms with E-state index in [-0.39, 0.29) is 24.0 Å². The van der Waals surface area contributed by atoms with Gasteiger partial charge in [0.1, 0.15) is 35.7 Å². The van der Waals surface area contributed by atoms with E-state index in [0.29, 0.717) is 48.4 Å². The summed E-state index contributed by atoms with van der Waals surface area (Å²) in [6.07, 6.45) is 2.62. The molecule has 0 spiro atoms. The molecule has 0 saturated heterocycles. The summed E-state index contributed by atoms with van der Waals surface area (Å²) in [5.41, 5.74) is -0.389. The van der Waals surface area contributed by atoms with Crippen molar-refractivity contribution in [2.24, 2.45) is 5.92 Å². The van der Waals surface area contributed by atoms with E-state index < -0.39 is 59.4 Å². The van der Waals surface area contributed by atoms with Gasteiger partial charge in [0.05, 0.1) is 11.1 Å². The van der Waals surface area contributed by atoms with Crippen molar-refractivity contribution in [2.45, 2.75) is 84.0 Å². The molecule has 3 rings (SSSR count). The summed E-state index contributed by atoms with van der Waals surface area (Å²) in [5.74, 6) is -2.46.